The van der Waals surface area contributed by atoms with Crippen LogP contribution < -0.4 is 0 Å². The van der Waals surface area contributed by atoms with Gasteiger partial charge in [-0.05, 0) is 17.7 Å². The highest BCUT2D eigenvalue weighted by molar-refractivity contribution is 6.36. The van der Waals surface area contributed by atoms with E-state index in [1.165, 1.54) is 0 Å². The number of rotatable bonds is 3. The third-order valence-corrected chi connectivity index (χ3v) is 3.98. The van der Waals surface area contributed by atoms with Gasteiger partial charge in [-0.3, -0.25) is 4.79 Å². The third kappa shape index (κ3) is 3.06. The van der Waals surface area contributed by atoms with Crippen LogP contribution in [0.5, 0.6) is 0 Å². The Hall–Kier alpha value is -1.30. The van der Waals surface area contributed by atoms with Crippen LogP contribution in [0.1, 0.15) is 12.0 Å². The molecule has 1 aromatic carbocycles. The van der Waals surface area contributed by atoms with Crippen LogP contribution in [-0.4, -0.2) is 45.7 Å². The Balaban J connectivity index is 2.18. The molecule has 0 saturated carbocycles. The first-order chi connectivity index (χ1) is 9.40. The third-order valence-electron chi connectivity index (χ3n) is 3.27. The minimum absolute atomic E-state index is 0.0118. The Morgan fingerprint density at radius 3 is 2.45 bits per heavy atom. The van der Waals surface area contributed by atoms with Crippen LogP contribution in [0, 0.1) is 0 Å². The first-order valence-corrected chi connectivity index (χ1v) is 6.79. The van der Waals surface area contributed by atoms with Crippen molar-refractivity contribution < 1.29 is 19.8 Å². The Labute approximate surface area is 125 Å². The summed E-state index contributed by atoms with van der Waals surface area (Å²) < 4.78 is 0. The van der Waals surface area contributed by atoms with E-state index >= 15 is 0 Å². The number of halogens is 2. The summed E-state index contributed by atoms with van der Waals surface area (Å²) >= 11 is 12.0. The number of nitrogens with zero attached hydrogens (tertiary/aromatic N) is 1. The molecule has 0 aliphatic carbocycles. The zero-order valence-electron chi connectivity index (χ0n) is 10.4. The molecule has 1 aliphatic rings. The Morgan fingerprint density at radius 2 is 1.90 bits per heavy atom. The molecule has 0 spiro atoms. The highest BCUT2D eigenvalue weighted by Gasteiger charge is 2.38. The number of benzene rings is 1. The number of carbonyl (C=O) groups is 2. The van der Waals surface area contributed by atoms with Crippen molar-refractivity contribution in [1.29, 1.82) is 0 Å². The maximum Gasteiger partial charge on any atom is 0.326 e. The lowest BCUT2D eigenvalue weighted by molar-refractivity contribution is -0.148. The molecule has 1 aromatic rings. The molecule has 1 amide bonds. The van der Waals surface area contributed by atoms with Gasteiger partial charge < -0.3 is 15.1 Å². The number of aliphatic hydroxyl groups excluding tert-OH is 1. The zero-order valence-corrected chi connectivity index (χ0v) is 11.9. The van der Waals surface area contributed by atoms with Gasteiger partial charge in [0.2, 0.25) is 5.91 Å². The minimum Gasteiger partial charge on any atom is -0.480 e. The number of likely N-dealkylation sites (tertiary alicyclic amines) is 1. The van der Waals surface area contributed by atoms with E-state index in [0.717, 1.165) is 4.90 Å². The van der Waals surface area contributed by atoms with E-state index in [9.17, 15) is 14.7 Å². The summed E-state index contributed by atoms with van der Waals surface area (Å²) in [4.78, 5) is 24.5. The molecule has 0 unspecified atom stereocenters. The summed E-state index contributed by atoms with van der Waals surface area (Å²) in [6, 6.07) is 3.89. The predicted octanol–water partition coefficient (Wildman–Crippen LogP) is 1.58. The normalized spacial score (nSPS) is 22.1. The summed E-state index contributed by atoms with van der Waals surface area (Å²) in [5, 5.41) is 19.3. The first-order valence-electron chi connectivity index (χ1n) is 6.03. The van der Waals surface area contributed by atoms with Gasteiger partial charge in [-0.25, -0.2) is 4.79 Å². The van der Waals surface area contributed by atoms with Crippen molar-refractivity contribution in [3.05, 3.63) is 33.8 Å². The van der Waals surface area contributed by atoms with Crippen molar-refractivity contribution in [2.24, 2.45) is 0 Å². The molecule has 20 heavy (non-hydrogen) atoms. The van der Waals surface area contributed by atoms with E-state index in [4.69, 9.17) is 28.3 Å². The average molecular weight is 318 g/mol. The first kappa shape index (κ1) is 15.1. The van der Waals surface area contributed by atoms with E-state index in [1.807, 2.05) is 0 Å². The fraction of sp³-hybridized carbons (Fsp3) is 0.385. The van der Waals surface area contributed by atoms with Gasteiger partial charge in [0, 0.05) is 23.0 Å². The van der Waals surface area contributed by atoms with E-state index in [0.29, 0.717) is 15.6 Å². The SMILES string of the molecule is O=C(O)[C@@H]1C[C@H](O)CN1C(=O)Cc1c(Cl)cccc1Cl. The average Bonchev–Trinajstić information content (AvgIpc) is 2.76. The van der Waals surface area contributed by atoms with Gasteiger partial charge in [-0.15, -0.1) is 0 Å². The molecular formula is C13H13Cl2NO4. The topological polar surface area (TPSA) is 77.8 Å². The number of hydrogen-bond acceptors (Lipinski definition) is 3. The molecule has 2 atom stereocenters. The van der Waals surface area contributed by atoms with Gasteiger partial charge >= 0.3 is 5.97 Å². The standard InChI is InChI=1S/C13H13Cl2NO4/c14-9-2-1-3-10(15)8(9)5-12(18)16-6-7(17)4-11(16)13(19)20/h1-3,7,11,17H,4-6H2,(H,19,20)/t7-,11-/m0/s1. The molecule has 1 saturated heterocycles. The van der Waals surface area contributed by atoms with E-state index in [-0.39, 0.29) is 19.4 Å². The molecule has 2 N–H and O–H groups in total. The van der Waals surface area contributed by atoms with Crippen LogP contribution in [0.15, 0.2) is 18.2 Å². The molecule has 7 heteroatoms. The van der Waals surface area contributed by atoms with Crippen LogP contribution in [0.2, 0.25) is 10.0 Å². The highest BCUT2D eigenvalue weighted by Crippen LogP contribution is 2.27. The number of aliphatic carboxylic acids is 1. The van der Waals surface area contributed by atoms with Crippen LogP contribution >= 0.6 is 23.2 Å². The van der Waals surface area contributed by atoms with E-state index < -0.39 is 24.0 Å². The summed E-state index contributed by atoms with van der Waals surface area (Å²) in [5.41, 5.74) is 0.464. The van der Waals surface area contributed by atoms with E-state index in [1.54, 1.807) is 18.2 Å². The quantitative estimate of drug-likeness (QED) is 0.887. The fourth-order valence-corrected chi connectivity index (χ4v) is 2.81. The largest absolute Gasteiger partial charge is 0.480 e. The lowest BCUT2D eigenvalue weighted by Crippen LogP contribution is -2.41. The minimum atomic E-state index is -1.12. The van der Waals surface area contributed by atoms with Crippen LogP contribution in [0.4, 0.5) is 0 Å². The summed E-state index contributed by atoms with van der Waals surface area (Å²) in [6.45, 7) is 0.0118. The highest BCUT2D eigenvalue weighted by atomic mass is 35.5. The van der Waals surface area contributed by atoms with Crippen molar-refractivity contribution in [3.8, 4) is 0 Å². The van der Waals surface area contributed by atoms with Crippen molar-refractivity contribution in [1.82, 2.24) is 4.90 Å². The van der Waals surface area contributed by atoms with E-state index in [2.05, 4.69) is 0 Å². The van der Waals surface area contributed by atoms with Gasteiger partial charge in [0.1, 0.15) is 6.04 Å². The smallest absolute Gasteiger partial charge is 0.326 e. The maximum absolute atomic E-state index is 12.2. The molecule has 2 rings (SSSR count). The molecule has 1 aliphatic heterocycles. The number of β-amino-alcohol motifs (C(OH)–C–C–N with tert-alkyl or cyclic N) is 1. The number of amides is 1. The second-order valence-corrected chi connectivity index (χ2v) is 5.48. The van der Waals surface area contributed by atoms with Gasteiger partial charge in [0.05, 0.1) is 12.5 Å². The van der Waals surface area contributed by atoms with Gasteiger partial charge in [-0.1, -0.05) is 29.3 Å². The number of aliphatic hydroxyl groups is 1. The van der Waals surface area contributed by atoms with Crippen LogP contribution in [0.3, 0.4) is 0 Å². The Kier molecular flexibility index (Phi) is 4.52. The summed E-state index contributed by atoms with van der Waals surface area (Å²) in [7, 11) is 0. The molecule has 0 bridgehead atoms. The maximum atomic E-state index is 12.2. The second-order valence-electron chi connectivity index (χ2n) is 4.67. The Morgan fingerprint density at radius 1 is 1.30 bits per heavy atom. The van der Waals surface area contributed by atoms with Crippen molar-refractivity contribution in [3.63, 3.8) is 0 Å². The molecule has 0 radical (unpaired) electrons. The number of carboxylic acids is 1. The fourth-order valence-electron chi connectivity index (χ4n) is 2.28. The van der Waals surface area contributed by atoms with Gasteiger partial charge in [0.25, 0.3) is 0 Å². The molecule has 1 heterocycles. The van der Waals surface area contributed by atoms with Gasteiger partial charge in [-0.2, -0.15) is 0 Å². The lowest BCUT2D eigenvalue weighted by atomic mass is 10.1. The summed E-state index contributed by atoms with van der Waals surface area (Å²) in [6.07, 6.45) is -0.867. The van der Waals surface area contributed by atoms with Gasteiger partial charge in [0.15, 0.2) is 0 Å². The Bertz CT molecular complexity index is 529. The predicted molar refractivity (Wildman–Crippen MR) is 73.9 cm³/mol. The number of hydrogen-bond donors (Lipinski definition) is 2. The summed E-state index contributed by atoms with van der Waals surface area (Å²) in [5.74, 6) is -1.54. The monoisotopic (exact) mass is 317 g/mol. The second kappa shape index (κ2) is 5.99. The number of carbonyl (C=O) groups excluding carboxylic acids is 1. The molecule has 5 nitrogen and oxygen atoms in total. The molecular weight excluding hydrogens is 305 g/mol. The van der Waals surface area contributed by atoms with Crippen molar-refractivity contribution in [2.45, 2.75) is 25.0 Å². The zero-order chi connectivity index (χ0) is 14.9. The van der Waals surface area contributed by atoms with Crippen LogP contribution in [-0.2, 0) is 16.0 Å². The van der Waals surface area contributed by atoms with Crippen LogP contribution in [0.25, 0.3) is 0 Å². The lowest BCUT2D eigenvalue weighted by Gasteiger charge is -2.21. The van der Waals surface area contributed by atoms with Crippen molar-refractivity contribution in [2.75, 3.05) is 6.54 Å². The number of carboxylic acid groups (broad SMARTS) is 1. The van der Waals surface area contributed by atoms with Crippen molar-refractivity contribution >= 4 is 35.1 Å². The molecule has 1 fully saturated rings. The molecule has 0 aromatic heterocycles. The molecule has 108 valence electrons.